The summed E-state index contributed by atoms with van der Waals surface area (Å²) < 4.78 is 36.4. The molecule has 0 saturated heterocycles. The number of rotatable bonds is 6. The summed E-state index contributed by atoms with van der Waals surface area (Å²) in [5, 5.41) is 11.6. The molecular weight excluding hydrogens is 494 g/mol. The quantitative estimate of drug-likeness (QED) is 0.311. The average Bonchev–Trinajstić information content (AvgIpc) is 3.43. The number of hydrogen-bond donors (Lipinski definition) is 3. The molecule has 28 heavy (non-hydrogen) atoms. The van der Waals surface area contributed by atoms with Crippen LogP contribution in [-0.2, 0) is 22.0 Å². The number of sulfonamides is 1. The summed E-state index contributed by atoms with van der Waals surface area (Å²) in [5.41, 5.74) is 1.70. The first-order valence-corrected chi connectivity index (χ1v) is 10.2. The Labute approximate surface area is 181 Å². The van der Waals surface area contributed by atoms with E-state index in [4.69, 9.17) is 5.14 Å². The molecule has 1 aliphatic rings. The molecule has 0 bridgehead atoms. The maximum Gasteiger partial charge on any atom is 0.238 e. The van der Waals surface area contributed by atoms with E-state index in [2.05, 4.69) is 15.6 Å². The van der Waals surface area contributed by atoms with Crippen molar-refractivity contribution in [1.29, 1.82) is 0 Å². The Bertz CT molecular complexity index is 962. The lowest BCUT2D eigenvalue weighted by Crippen LogP contribution is -2.40. The SMILES string of the molecule is CN=C(NCc1cccc(S(N)(=O)=O)c1)NCC1(c2cccc(F)c2)CC1.I. The van der Waals surface area contributed by atoms with Crippen LogP contribution in [0, 0.1) is 5.82 Å². The summed E-state index contributed by atoms with van der Waals surface area (Å²) >= 11 is 0. The van der Waals surface area contributed by atoms with Gasteiger partial charge in [-0.05, 0) is 48.2 Å². The second kappa shape index (κ2) is 9.19. The van der Waals surface area contributed by atoms with E-state index < -0.39 is 10.0 Å². The van der Waals surface area contributed by atoms with E-state index in [1.165, 1.54) is 18.2 Å². The van der Waals surface area contributed by atoms with Crippen molar-refractivity contribution in [3.63, 3.8) is 0 Å². The second-order valence-corrected chi connectivity index (χ2v) is 8.32. The molecular formula is C19H24FIN4O2S. The van der Waals surface area contributed by atoms with Crippen LogP contribution in [0.2, 0.25) is 0 Å². The zero-order valence-corrected chi connectivity index (χ0v) is 18.6. The fourth-order valence-corrected chi connectivity index (χ4v) is 3.61. The van der Waals surface area contributed by atoms with Crippen molar-refractivity contribution >= 4 is 40.0 Å². The van der Waals surface area contributed by atoms with E-state index in [0.717, 1.165) is 24.0 Å². The van der Waals surface area contributed by atoms with Crippen molar-refractivity contribution in [3.05, 3.63) is 65.5 Å². The van der Waals surface area contributed by atoms with Crippen molar-refractivity contribution < 1.29 is 12.8 Å². The molecule has 0 radical (unpaired) electrons. The zero-order chi connectivity index (χ0) is 19.5. The molecule has 0 amide bonds. The third kappa shape index (κ3) is 5.65. The van der Waals surface area contributed by atoms with Crippen molar-refractivity contribution in [2.45, 2.75) is 29.7 Å². The highest BCUT2D eigenvalue weighted by Gasteiger charge is 2.44. The summed E-state index contributed by atoms with van der Waals surface area (Å²) in [6.07, 6.45) is 1.99. The fraction of sp³-hybridized carbons (Fsp3) is 0.316. The summed E-state index contributed by atoms with van der Waals surface area (Å²) in [4.78, 5) is 4.27. The van der Waals surface area contributed by atoms with Crippen molar-refractivity contribution in [2.24, 2.45) is 10.1 Å². The van der Waals surface area contributed by atoms with Crippen LogP contribution < -0.4 is 15.8 Å². The van der Waals surface area contributed by atoms with E-state index in [0.29, 0.717) is 19.0 Å². The second-order valence-electron chi connectivity index (χ2n) is 6.76. The van der Waals surface area contributed by atoms with Gasteiger partial charge in [0.15, 0.2) is 5.96 Å². The van der Waals surface area contributed by atoms with Crippen molar-refractivity contribution in [2.75, 3.05) is 13.6 Å². The fourth-order valence-electron chi connectivity index (χ4n) is 3.03. The number of hydrogen-bond acceptors (Lipinski definition) is 3. The molecule has 2 aromatic rings. The Morgan fingerprint density at radius 2 is 1.89 bits per heavy atom. The molecule has 152 valence electrons. The van der Waals surface area contributed by atoms with Crippen LogP contribution in [0.15, 0.2) is 58.4 Å². The summed E-state index contributed by atoms with van der Waals surface area (Å²) in [7, 11) is -2.06. The van der Waals surface area contributed by atoms with E-state index >= 15 is 0 Å². The summed E-state index contributed by atoms with van der Waals surface area (Å²) in [6, 6.07) is 13.2. The highest BCUT2D eigenvalue weighted by molar-refractivity contribution is 14.0. The average molecular weight is 518 g/mol. The Hall–Kier alpha value is -1.72. The van der Waals surface area contributed by atoms with E-state index in [1.54, 1.807) is 25.2 Å². The van der Waals surface area contributed by atoms with Gasteiger partial charge in [0.2, 0.25) is 10.0 Å². The maximum atomic E-state index is 13.5. The number of guanidine groups is 1. The monoisotopic (exact) mass is 518 g/mol. The Morgan fingerprint density at radius 3 is 2.50 bits per heavy atom. The first-order valence-electron chi connectivity index (χ1n) is 8.65. The Balaban J connectivity index is 0.00000280. The van der Waals surface area contributed by atoms with Gasteiger partial charge in [-0.25, -0.2) is 17.9 Å². The summed E-state index contributed by atoms with van der Waals surface area (Å²) in [6.45, 7) is 1.04. The van der Waals surface area contributed by atoms with Gasteiger partial charge in [0, 0.05) is 25.6 Å². The zero-order valence-electron chi connectivity index (χ0n) is 15.5. The molecule has 0 aromatic heterocycles. The number of nitrogens with one attached hydrogen (secondary N) is 2. The Kier molecular flexibility index (Phi) is 7.40. The van der Waals surface area contributed by atoms with Crippen LogP contribution in [0.4, 0.5) is 4.39 Å². The smallest absolute Gasteiger partial charge is 0.238 e. The van der Waals surface area contributed by atoms with Gasteiger partial charge in [0.1, 0.15) is 5.82 Å². The maximum absolute atomic E-state index is 13.5. The number of nitrogens with two attached hydrogens (primary N) is 1. The van der Waals surface area contributed by atoms with Gasteiger partial charge in [0.05, 0.1) is 4.90 Å². The molecule has 1 aliphatic carbocycles. The molecule has 1 saturated carbocycles. The molecule has 0 atom stereocenters. The minimum atomic E-state index is -3.73. The van der Waals surface area contributed by atoms with Gasteiger partial charge >= 0.3 is 0 Å². The van der Waals surface area contributed by atoms with E-state index in [9.17, 15) is 12.8 Å². The number of aliphatic imine (C=N–C) groups is 1. The molecule has 1 fully saturated rings. The predicted octanol–water partition coefficient (Wildman–Crippen LogP) is 2.49. The predicted molar refractivity (Wildman–Crippen MR) is 119 cm³/mol. The topological polar surface area (TPSA) is 96.6 Å². The standard InChI is InChI=1S/C19H23FN4O2S.HI/c1-22-18(23-12-14-4-2-7-17(10-14)27(21,25)26)24-13-19(8-9-19)15-5-3-6-16(20)11-15;/h2-7,10-11H,8-9,12-13H2,1H3,(H2,21,25,26)(H2,22,23,24);1H. The summed E-state index contributed by atoms with van der Waals surface area (Å²) in [5.74, 6) is 0.370. The number of nitrogens with zero attached hydrogens (tertiary/aromatic N) is 1. The largest absolute Gasteiger partial charge is 0.356 e. The molecule has 9 heteroatoms. The van der Waals surface area contributed by atoms with Crippen LogP contribution in [0.5, 0.6) is 0 Å². The third-order valence-corrected chi connectivity index (χ3v) is 5.71. The van der Waals surface area contributed by atoms with Crippen LogP contribution in [0.3, 0.4) is 0 Å². The van der Waals surface area contributed by atoms with Gasteiger partial charge in [-0.1, -0.05) is 24.3 Å². The lowest BCUT2D eigenvalue weighted by atomic mass is 9.96. The molecule has 3 rings (SSSR count). The van der Waals surface area contributed by atoms with Gasteiger partial charge in [0.25, 0.3) is 0 Å². The highest BCUT2D eigenvalue weighted by Crippen LogP contribution is 2.47. The van der Waals surface area contributed by atoms with Crippen LogP contribution in [-0.4, -0.2) is 28.0 Å². The lowest BCUT2D eigenvalue weighted by molar-refractivity contribution is 0.597. The highest BCUT2D eigenvalue weighted by atomic mass is 127. The normalized spacial score (nSPS) is 15.5. The number of benzene rings is 2. The van der Waals surface area contributed by atoms with E-state index in [1.807, 2.05) is 12.1 Å². The molecule has 0 heterocycles. The van der Waals surface area contributed by atoms with Gasteiger partial charge < -0.3 is 10.6 Å². The molecule has 6 nitrogen and oxygen atoms in total. The van der Waals surface area contributed by atoms with Crippen LogP contribution >= 0.6 is 24.0 Å². The van der Waals surface area contributed by atoms with Gasteiger partial charge in [-0.15, -0.1) is 24.0 Å². The van der Waals surface area contributed by atoms with Gasteiger partial charge in [-0.2, -0.15) is 0 Å². The molecule has 0 spiro atoms. The minimum absolute atomic E-state index is 0. The lowest BCUT2D eigenvalue weighted by Gasteiger charge is -2.19. The van der Waals surface area contributed by atoms with E-state index in [-0.39, 0.29) is 40.1 Å². The molecule has 0 aliphatic heterocycles. The van der Waals surface area contributed by atoms with Crippen molar-refractivity contribution in [1.82, 2.24) is 10.6 Å². The Morgan fingerprint density at radius 1 is 1.18 bits per heavy atom. The first kappa shape index (κ1) is 22.6. The van der Waals surface area contributed by atoms with Crippen molar-refractivity contribution in [3.8, 4) is 0 Å². The third-order valence-electron chi connectivity index (χ3n) is 4.80. The minimum Gasteiger partial charge on any atom is -0.356 e. The molecule has 0 unspecified atom stereocenters. The van der Waals surface area contributed by atoms with Gasteiger partial charge in [-0.3, -0.25) is 4.99 Å². The van der Waals surface area contributed by atoms with Crippen LogP contribution in [0.25, 0.3) is 0 Å². The first-order chi connectivity index (χ1) is 12.8. The number of primary sulfonamides is 1. The van der Waals surface area contributed by atoms with Crippen LogP contribution in [0.1, 0.15) is 24.0 Å². The molecule has 4 N–H and O–H groups in total. The molecule has 2 aromatic carbocycles. The number of halogens is 2.